The Morgan fingerprint density at radius 1 is 1.11 bits per heavy atom. The van der Waals surface area contributed by atoms with Crippen LogP contribution in [0.3, 0.4) is 0 Å². The first kappa shape index (κ1) is 18.0. The summed E-state index contributed by atoms with van der Waals surface area (Å²) in [6, 6.07) is 14.6. The fraction of sp³-hybridized carbons (Fsp3) is 0.0556. The second-order valence-corrected chi connectivity index (χ2v) is 7.14. The van der Waals surface area contributed by atoms with E-state index in [-0.39, 0.29) is 12.2 Å². The zero-order valence-corrected chi connectivity index (χ0v) is 16.0. The second-order valence-electron chi connectivity index (χ2n) is 5.81. The van der Waals surface area contributed by atoms with Crippen molar-refractivity contribution in [1.29, 1.82) is 0 Å². The smallest absolute Gasteiger partial charge is 0.288 e. The Bertz CT molecular complexity index is 1210. The zero-order valence-electron chi connectivity index (χ0n) is 14.4. The average Bonchev–Trinajstić information content (AvgIpc) is 3.36. The summed E-state index contributed by atoms with van der Waals surface area (Å²) < 4.78 is 1.89. The number of fused-ring (bicyclic) bond motifs is 1. The van der Waals surface area contributed by atoms with Crippen molar-refractivity contribution in [2.45, 2.75) is 6.54 Å². The largest absolute Gasteiger partial charge is 0.290 e. The van der Waals surface area contributed by atoms with Gasteiger partial charge in [-0.2, -0.15) is 5.10 Å². The molecule has 3 N–H and O–H groups in total. The van der Waals surface area contributed by atoms with Gasteiger partial charge >= 0.3 is 0 Å². The number of hydrazine groups is 1. The highest BCUT2D eigenvalue weighted by molar-refractivity contribution is 7.71. The number of pyridine rings is 1. The SMILES string of the molecule is O=C(Cn1c(-c2cccs2)n[nH]c1=S)NNC(=O)c1ccc2ccccc2n1. The van der Waals surface area contributed by atoms with Gasteiger partial charge in [0.15, 0.2) is 10.6 Å². The van der Waals surface area contributed by atoms with Gasteiger partial charge in [-0.3, -0.25) is 30.1 Å². The molecular formula is C18H14N6O2S2. The van der Waals surface area contributed by atoms with Crippen molar-refractivity contribution in [3.05, 3.63) is 64.4 Å². The first-order valence-corrected chi connectivity index (χ1v) is 9.54. The number of H-pyrrole nitrogens is 1. The van der Waals surface area contributed by atoms with Crippen LogP contribution in [-0.2, 0) is 11.3 Å². The van der Waals surface area contributed by atoms with E-state index >= 15 is 0 Å². The molecule has 3 aromatic heterocycles. The molecule has 0 spiro atoms. The van der Waals surface area contributed by atoms with Crippen LogP contribution in [0.15, 0.2) is 53.9 Å². The molecule has 28 heavy (non-hydrogen) atoms. The summed E-state index contributed by atoms with van der Waals surface area (Å²) in [5.41, 5.74) is 5.66. The molecular weight excluding hydrogens is 396 g/mol. The number of rotatable bonds is 4. The number of thiophene rings is 1. The predicted molar refractivity (Wildman–Crippen MR) is 108 cm³/mol. The lowest BCUT2D eigenvalue weighted by molar-refractivity contribution is -0.122. The lowest BCUT2D eigenvalue weighted by Crippen LogP contribution is -2.43. The highest BCUT2D eigenvalue weighted by Gasteiger charge is 2.14. The van der Waals surface area contributed by atoms with Gasteiger partial charge in [-0.1, -0.05) is 30.3 Å². The summed E-state index contributed by atoms with van der Waals surface area (Å²) in [6.07, 6.45) is 0. The minimum atomic E-state index is -0.506. The van der Waals surface area contributed by atoms with Gasteiger partial charge in [-0.25, -0.2) is 4.98 Å². The summed E-state index contributed by atoms with van der Waals surface area (Å²) in [4.78, 5) is 29.7. The number of hydrogen-bond acceptors (Lipinski definition) is 6. The van der Waals surface area contributed by atoms with Crippen LogP contribution >= 0.6 is 23.6 Å². The van der Waals surface area contributed by atoms with Crippen LogP contribution < -0.4 is 10.9 Å². The molecule has 140 valence electrons. The van der Waals surface area contributed by atoms with Gasteiger partial charge in [0.05, 0.1) is 10.4 Å². The minimum Gasteiger partial charge on any atom is -0.290 e. The normalized spacial score (nSPS) is 10.7. The minimum absolute atomic E-state index is 0.0893. The van der Waals surface area contributed by atoms with Gasteiger partial charge < -0.3 is 0 Å². The number of nitrogens with zero attached hydrogens (tertiary/aromatic N) is 3. The Morgan fingerprint density at radius 3 is 2.79 bits per heavy atom. The van der Waals surface area contributed by atoms with Crippen molar-refractivity contribution in [3.8, 4) is 10.7 Å². The zero-order chi connectivity index (χ0) is 19.5. The molecule has 0 aliphatic heterocycles. The predicted octanol–water partition coefficient (Wildman–Crippen LogP) is 2.68. The molecule has 10 heteroatoms. The van der Waals surface area contributed by atoms with Gasteiger partial charge in [-0.05, 0) is 35.8 Å². The Kier molecular flexibility index (Phi) is 4.96. The maximum Gasteiger partial charge on any atom is 0.288 e. The monoisotopic (exact) mass is 410 g/mol. The van der Waals surface area contributed by atoms with Gasteiger partial charge in [0.1, 0.15) is 12.2 Å². The summed E-state index contributed by atoms with van der Waals surface area (Å²) in [5.74, 6) is -0.379. The number of aromatic amines is 1. The molecule has 0 bridgehead atoms. The number of amides is 2. The van der Waals surface area contributed by atoms with Crippen molar-refractivity contribution in [2.75, 3.05) is 0 Å². The number of benzene rings is 1. The summed E-state index contributed by atoms with van der Waals surface area (Å²) in [6.45, 7) is -0.0893. The number of nitrogens with one attached hydrogen (secondary N) is 3. The number of carbonyl (C=O) groups excluding carboxylic acids is 2. The lowest BCUT2D eigenvalue weighted by Gasteiger charge is -2.09. The van der Waals surface area contributed by atoms with E-state index in [4.69, 9.17) is 12.2 Å². The van der Waals surface area contributed by atoms with E-state index in [2.05, 4.69) is 26.0 Å². The number of para-hydroxylation sites is 1. The van der Waals surface area contributed by atoms with Crippen molar-refractivity contribution in [1.82, 2.24) is 30.6 Å². The van der Waals surface area contributed by atoms with Crippen molar-refractivity contribution >= 4 is 46.3 Å². The van der Waals surface area contributed by atoms with Crippen LogP contribution in [0.1, 0.15) is 10.5 Å². The van der Waals surface area contributed by atoms with Crippen molar-refractivity contribution in [3.63, 3.8) is 0 Å². The summed E-state index contributed by atoms with van der Waals surface area (Å²) >= 11 is 6.68. The van der Waals surface area contributed by atoms with Crippen LogP contribution in [0.2, 0.25) is 0 Å². The van der Waals surface area contributed by atoms with E-state index in [1.165, 1.54) is 11.3 Å². The van der Waals surface area contributed by atoms with Crippen LogP contribution in [0.5, 0.6) is 0 Å². The van der Waals surface area contributed by atoms with E-state index in [1.54, 1.807) is 16.7 Å². The lowest BCUT2D eigenvalue weighted by atomic mass is 10.2. The molecule has 0 atom stereocenters. The van der Waals surface area contributed by atoms with Gasteiger partial charge in [0, 0.05) is 5.39 Å². The van der Waals surface area contributed by atoms with Crippen molar-refractivity contribution < 1.29 is 9.59 Å². The molecule has 2 amide bonds. The molecule has 0 saturated heterocycles. The third-order valence-corrected chi connectivity index (χ3v) is 5.13. The van der Waals surface area contributed by atoms with Gasteiger partial charge in [0.2, 0.25) is 0 Å². The van der Waals surface area contributed by atoms with Crippen LogP contribution in [0.25, 0.3) is 21.6 Å². The van der Waals surface area contributed by atoms with Crippen molar-refractivity contribution in [2.24, 2.45) is 0 Å². The Labute approximate surface area is 168 Å². The third-order valence-electron chi connectivity index (χ3n) is 3.95. The highest BCUT2D eigenvalue weighted by atomic mass is 32.1. The summed E-state index contributed by atoms with van der Waals surface area (Å²) in [5, 5.41) is 9.69. The maximum atomic E-state index is 12.3. The van der Waals surface area contributed by atoms with E-state index in [0.29, 0.717) is 16.1 Å². The van der Waals surface area contributed by atoms with Gasteiger partial charge in [-0.15, -0.1) is 11.3 Å². The van der Waals surface area contributed by atoms with Crippen LogP contribution in [-0.4, -0.2) is 31.6 Å². The quantitative estimate of drug-likeness (QED) is 0.354. The molecule has 3 heterocycles. The molecule has 0 fully saturated rings. The molecule has 8 nitrogen and oxygen atoms in total. The Hall–Kier alpha value is -3.37. The number of carbonyl (C=O) groups is 2. The van der Waals surface area contributed by atoms with Crippen LogP contribution in [0, 0.1) is 4.77 Å². The average molecular weight is 410 g/mol. The fourth-order valence-corrected chi connectivity index (χ4v) is 3.54. The molecule has 0 unspecified atom stereocenters. The number of hydrogen-bond donors (Lipinski definition) is 3. The molecule has 0 aliphatic carbocycles. The maximum absolute atomic E-state index is 12.3. The number of aromatic nitrogens is 4. The van der Waals surface area contributed by atoms with E-state index in [0.717, 1.165) is 10.3 Å². The molecule has 0 saturated carbocycles. The van der Waals surface area contributed by atoms with E-state index in [9.17, 15) is 9.59 Å². The topological polar surface area (TPSA) is 105 Å². The van der Waals surface area contributed by atoms with E-state index < -0.39 is 11.8 Å². The highest BCUT2D eigenvalue weighted by Crippen LogP contribution is 2.22. The van der Waals surface area contributed by atoms with E-state index in [1.807, 2.05) is 41.8 Å². The van der Waals surface area contributed by atoms with Crippen LogP contribution in [0.4, 0.5) is 0 Å². The Morgan fingerprint density at radius 2 is 1.96 bits per heavy atom. The molecule has 4 rings (SSSR count). The summed E-state index contributed by atoms with van der Waals surface area (Å²) in [7, 11) is 0. The second kappa shape index (κ2) is 7.71. The molecule has 4 aromatic rings. The standard InChI is InChI=1S/C18H14N6O2S2/c25-15(10-24-16(21-23-18(24)27)14-6-3-9-28-14)20-22-17(26)13-8-7-11-4-1-2-5-12(11)19-13/h1-9H,10H2,(H,20,25)(H,22,26)(H,23,27). The Balaban J connectivity index is 1.43. The molecule has 0 radical (unpaired) electrons. The van der Waals surface area contributed by atoms with Gasteiger partial charge in [0.25, 0.3) is 11.8 Å². The first-order valence-electron chi connectivity index (χ1n) is 8.26. The fourth-order valence-electron chi connectivity index (χ4n) is 2.62. The third kappa shape index (κ3) is 3.68. The molecule has 1 aromatic carbocycles. The molecule has 0 aliphatic rings. The first-order chi connectivity index (χ1) is 13.6.